The molecular formula is C18H25ClSi2. The van der Waals surface area contributed by atoms with Gasteiger partial charge in [0, 0.05) is 5.50 Å². The van der Waals surface area contributed by atoms with Crippen molar-refractivity contribution in [1.82, 2.24) is 0 Å². The molecule has 3 heteroatoms. The SMILES string of the molecule is Cc1cccc([SiH](CCl)c2cc(C)cc([Si](C)(C)C)c2)c1. The van der Waals surface area contributed by atoms with E-state index in [0.717, 1.165) is 5.50 Å². The Morgan fingerprint density at radius 3 is 2.14 bits per heavy atom. The zero-order valence-electron chi connectivity index (χ0n) is 13.7. The molecule has 0 saturated heterocycles. The lowest BCUT2D eigenvalue weighted by molar-refractivity contribution is 1.48. The Hall–Kier alpha value is -0.836. The summed E-state index contributed by atoms with van der Waals surface area (Å²) in [6.07, 6.45) is 0. The lowest BCUT2D eigenvalue weighted by Gasteiger charge is -2.21. The summed E-state index contributed by atoms with van der Waals surface area (Å²) in [5.74, 6) is 0. The number of benzene rings is 2. The molecule has 0 N–H and O–H groups in total. The number of hydrogen-bond acceptors (Lipinski definition) is 0. The zero-order chi connectivity index (χ0) is 15.6. The Balaban J connectivity index is 2.50. The molecule has 1 atom stereocenters. The van der Waals surface area contributed by atoms with Gasteiger partial charge in [-0.2, -0.15) is 0 Å². The first-order valence-corrected chi connectivity index (χ1v) is 13.6. The van der Waals surface area contributed by atoms with E-state index in [2.05, 4.69) is 76.0 Å². The monoisotopic (exact) mass is 332 g/mol. The fourth-order valence-corrected chi connectivity index (χ4v) is 7.59. The van der Waals surface area contributed by atoms with Crippen LogP contribution < -0.4 is 15.6 Å². The van der Waals surface area contributed by atoms with E-state index < -0.39 is 16.9 Å². The quantitative estimate of drug-likeness (QED) is 0.596. The fraction of sp³-hybridized carbons (Fsp3) is 0.333. The highest BCUT2D eigenvalue weighted by molar-refractivity contribution is 6.91. The first-order chi connectivity index (χ1) is 9.81. The van der Waals surface area contributed by atoms with Crippen LogP contribution in [0.25, 0.3) is 0 Å². The second kappa shape index (κ2) is 6.51. The van der Waals surface area contributed by atoms with Crippen molar-refractivity contribution in [3.05, 3.63) is 53.6 Å². The normalized spacial score (nSPS) is 13.2. The van der Waals surface area contributed by atoms with Crippen LogP contribution in [0.5, 0.6) is 0 Å². The van der Waals surface area contributed by atoms with Gasteiger partial charge in [0.15, 0.2) is 0 Å². The molecule has 0 saturated carbocycles. The van der Waals surface area contributed by atoms with Crippen molar-refractivity contribution < 1.29 is 0 Å². The lowest BCUT2D eigenvalue weighted by atomic mass is 10.2. The van der Waals surface area contributed by atoms with Crippen molar-refractivity contribution in [1.29, 1.82) is 0 Å². The van der Waals surface area contributed by atoms with E-state index in [1.165, 1.54) is 21.5 Å². The van der Waals surface area contributed by atoms with Crippen molar-refractivity contribution in [2.24, 2.45) is 0 Å². The van der Waals surface area contributed by atoms with Crippen LogP contribution in [0.15, 0.2) is 42.5 Å². The predicted molar refractivity (Wildman–Crippen MR) is 102 cm³/mol. The molecule has 0 aliphatic heterocycles. The molecule has 21 heavy (non-hydrogen) atoms. The maximum atomic E-state index is 6.38. The molecule has 2 rings (SSSR count). The van der Waals surface area contributed by atoms with Crippen LogP contribution in [0.1, 0.15) is 11.1 Å². The van der Waals surface area contributed by atoms with Gasteiger partial charge in [-0.25, -0.2) is 0 Å². The number of aryl methyl sites for hydroxylation is 2. The minimum atomic E-state index is -1.30. The molecule has 0 bridgehead atoms. The van der Waals surface area contributed by atoms with Gasteiger partial charge in [-0.3, -0.25) is 0 Å². The molecule has 0 spiro atoms. The number of alkyl halides is 1. The van der Waals surface area contributed by atoms with E-state index in [1.54, 1.807) is 5.19 Å². The molecule has 0 aliphatic rings. The molecule has 112 valence electrons. The Morgan fingerprint density at radius 2 is 1.57 bits per heavy atom. The summed E-state index contributed by atoms with van der Waals surface area (Å²) >= 11 is 6.38. The Kier molecular flexibility index (Phi) is 5.13. The summed E-state index contributed by atoms with van der Waals surface area (Å²) < 4.78 is 0. The number of hydrogen-bond donors (Lipinski definition) is 0. The van der Waals surface area contributed by atoms with Crippen LogP contribution in [0.2, 0.25) is 19.6 Å². The van der Waals surface area contributed by atoms with Crippen molar-refractivity contribution in [3.8, 4) is 0 Å². The van der Waals surface area contributed by atoms with E-state index in [9.17, 15) is 0 Å². The van der Waals surface area contributed by atoms with Gasteiger partial charge in [0.05, 0.1) is 8.07 Å². The van der Waals surface area contributed by atoms with E-state index in [1.807, 2.05) is 0 Å². The summed E-state index contributed by atoms with van der Waals surface area (Å²) in [6.45, 7) is 11.6. The number of rotatable bonds is 4. The van der Waals surface area contributed by atoms with Crippen LogP contribution in [0.4, 0.5) is 0 Å². The smallest absolute Gasteiger partial charge is 0.117 e. The molecule has 0 aromatic heterocycles. The van der Waals surface area contributed by atoms with E-state index >= 15 is 0 Å². The highest BCUT2D eigenvalue weighted by atomic mass is 35.5. The van der Waals surface area contributed by atoms with Gasteiger partial charge in [0.2, 0.25) is 0 Å². The van der Waals surface area contributed by atoms with Crippen molar-refractivity contribution in [3.63, 3.8) is 0 Å². The van der Waals surface area contributed by atoms with Gasteiger partial charge >= 0.3 is 0 Å². The first kappa shape index (κ1) is 16.5. The van der Waals surface area contributed by atoms with Gasteiger partial charge < -0.3 is 0 Å². The Morgan fingerprint density at radius 1 is 0.905 bits per heavy atom. The van der Waals surface area contributed by atoms with Gasteiger partial charge in [-0.15, -0.1) is 11.6 Å². The second-order valence-corrected chi connectivity index (χ2v) is 15.8. The summed E-state index contributed by atoms with van der Waals surface area (Å²) in [5.41, 5.74) is 3.46. The highest BCUT2D eigenvalue weighted by Gasteiger charge is 2.21. The van der Waals surface area contributed by atoms with Gasteiger partial charge in [0.25, 0.3) is 0 Å². The summed E-state index contributed by atoms with van der Waals surface area (Å²) in [4.78, 5) is 0. The molecule has 0 heterocycles. The van der Waals surface area contributed by atoms with Crippen LogP contribution in [-0.2, 0) is 0 Å². The molecule has 2 aromatic carbocycles. The molecular weight excluding hydrogens is 308 g/mol. The summed E-state index contributed by atoms with van der Waals surface area (Å²) in [7, 11) is -2.59. The third-order valence-electron chi connectivity index (χ3n) is 3.97. The molecule has 0 nitrogen and oxygen atoms in total. The molecule has 0 radical (unpaired) electrons. The highest BCUT2D eigenvalue weighted by Crippen LogP contribution is 2.05. The molecule has 0 aliphatic carbocycles. The van der Waals surface area contributed by atoms with Crippen LogP contribution >= 0.6 is 11.6 Å². The van der Waals surface area contributed by atoms with Crippen molar-refractivity contribution in [2.75, 3.05) is 5.50 Å². The zero-order valence-corrected chi connectivity index (χ0v) is 16.6. The summed E-state index contributed by atoms with van der Waals surface area (Å²) in [5, 5.41) is 4.50. The van der Waals surface area contributed by atoms with Crippen LogP contribution in [-0.4, -0.2) is 22.4 Å². The van der Waals surface area contributed by atoms with Crippen LogP contribution in [0, 0.1) is 13.8 Å². The van der Waals surface area contributed by atoms with Crippen molar-refractivity contribution in [2.45, 2.75) is 33.5 Å². The molecule has 1 unspecified atom stereocenters. The molecule has 2 aromatic rings. The van der Waals surface area contributed by atoms with E-state index in [-0.39, 0.29) is 0 Å². The number of halogens is 1. The minimum Gasteiger partial charge on any atom is -0.130 e. The topological polar surface area (TPSA) is 0 Å². The van der Waals surface area contributed by atoms with Gasteiger partial charge in [-0.05, 0) is 13.8 Å². The van der Waals surface area contributed by atoms with E-state index in [0.29, 0.717) is 0 Å². The third-order valence-corrected chi connectivity index (χ3v) is 9.52. The van der Waals surface area contributed by atoms with Crippen molar-refractivity contribution >= 4 is 44.0 Å². The van der Waals surface area contributed by atoms with Gasteiger partial charge in [-0.1, -0.05) is 88.8 Å². The molecule has 0 fully saturated rings. The lowest BCUT2D eigenvalue weighted by Crippen LogP contribution is -2.48. The van der Waals surface area contributed by atoms with E-state index in [4.69, 9.17) is 11.6 Å². The summed E-state index contributed by atoms with van der Waals surface area (Å²) in [6, 6.07) is 16.1. The largest absolute Gasteiger partial charge is 0.130 e. The Labute approximate surface area is 136 Å². The fourth-order valence-electron chi connectivity index (χ4n) is 2.70. The first-order valence-electron chi connectivity index (χ1n) is 7.56. The predicted octanol–water partition coefficient (Wildman–Crippen LogP) is 2.97. The Bertz CT molecular complexity index is 629. The van der Waals surface area contributed by atoms with Gasteiger partial charge in [0.1, 0.15) is 8.80 Å². The molecule has 0 amide bonds. The average molecular weight is 333 g/mol. The average Bonchev–Trinajstić information content (AvgIpc) is 2.38. The minimum absolute atomic E-state index is 0.762. The van der Waals surface area contributed by atoms with Crippen LogP contribution in [0.3, 0.4) is 0 Å². The third kappa shape index (κ3) is 4.09. The second-order valence-electron chi connectivity index (χ2n) is 7.00. The maximum Gasteiger partial charge on any atom is 0.117 e. The standard InChI is InChI=1S/C18H25ClSi2/c1-14-7-6-8-16(9-14)20(13-19)17-10-15(2)11-18(12-17)21(3,4)5/h6-12,20H,13H2,1-5H3. The maximum absolute atomic E-state index is 6.38.